The first kappa shape index (κ1) is 15.0. The first-order valence-corrected chi connectivity index (χ1v) is 8.14. The summed E-state index contributed by atoms with van der Waals surface area (Å²) in [6, 6.07) is 6.17. The second kappa shape index (κ2) is 6.92. The molecule has 5 heteroatoms. The van der Waals surface area contributed by atoms with Crippen LogP contribution in [0.25, 0.3) is 10.9 Å². The Labute approximate surface area is 131 Å². The maximum Gasteiger partial charge on any atom is 0.221 e. The lowest BCUT2D eigenvalue weighted by atomic mass is 10.1. The Balaban J connectivity index is 1.46. The number of fused-ring (bicyclic) bond motifs is 1. The van der Waals surface area contributed by atoms with Gasteiger partial charge in [0.1, 0.15) is 0 Å². The monoisotopic (exact) mass is 300 g/mol. The molecule has 1 aliphatic rings. The summed E-state index contributed by atoms with van der Waals surface area (Å²) in [5, 5.41) is 8.57. The number of nitrogens with one attached hydrogen (secondary N) is 1. The summed E-state index contributed by atoms with van der Waals surface area (Å²) in [5.74, 6) is 0.107. The molecule has 1 fully saturated rings. The number of carbonyl (C=O) groups excluding carboxylic acids is 1. The van der Waals surface area contributed by atoms with Gasteiger partial charge < -0.3 is 10.2 Å². The lowest BCUT2D eigenvalue weighted by Crippen LogP contribution is -2.33. The van der Waals surface area contributed by atoms with Crippen molar-refractivity contribution in [3.05, 3.63) is 30.0 Å². The zero-order valence-corrected chi connectivity index (χ0v) is 13.2. The molecule has 1 N–H and O–H groups in total. The van der Waals surface area contributed by atoms with Crippen LogP contribution < -0.4 is 5.32 Å². The first-order chi connectivity index (χ1) is 10.7. The summed E-state index contributed by atoms with van der Waals surface area (Å²) in [6.45, 7) is 6.78. The molecule has 1 amide bonds. The van der Waals surface area contributed by atoms with Gasteiger partial charge in [0.25, 0.3) is 0 Å². The Morgan fingerprint density at radius 3 is 2.91 bits per heavy atom. The van der Waals surface area contributed by atoms with Crippen molar-refractivity contribution in [1.29, 1.82) is 0 Å². The minimum atomic E-state index is 0.107. The van der Waals surface area contributed by atoms with Crippen molar-refractivity contribution in [2.24, 2.45) is 0 Å². The third-order valence-electron chi connectivity index (χ3n) is 4.40. The van der Waals surface area contributed by atoms with Crippen molar-refractivity contribution in [1.82, 2.24) is 20.0 Å². The molecule has 0 saturated carbocycles. The number of benzene rings is 1. The maximum atomic E-state index is 11.9. The molecule has 0 spiro atoms. The molecular weight excluding hydrogens is 276 g/mol. The zero-order chi connectivity index (χ0) is 15.4. The number of likely N-dealkylation sites (tertiary alicyclic amines) is 1. The van der Waals surface area contributed by atoms with Crippen LogP contribution >= 0.6 is 0 Å². The van der Waals surface area contributed by atoms with Crippen LogP contribution in [-0.4, -0.2) is 46.8 Å². The smallest absolute Gasteiger partial charge is 0.221 e. The van der Waals surface area contributed by atoms with Crippen molar-refractivity contribution >= 4 is 16.8 Å². The minimum Gasteiger partial charge on any atom is -0.355 e. The van der Waals surface area contributed by atoms with Crippen LogP contribution in [0.4, 0.5) is 0 Å². The van der Waals surface area contributed by atoms with E-state index >= 15 is 0 Å². The molecule has 1 aromatic carbocycles. The van der Waals surface area contributed by atoms with Crippen molar-refractivity contribution in [2.75, 3.05) is 26.2 Å². The van der Waals surface area contributed by atoms with Crippen LogP contribution in [0.3, 0.4) is 0 Å². The fraction of sp³-hybridized carbons (Fsp3) is 0.529. The fourth-order valence-electron chi connectivity index (χ4n) is 3.08. The second-order valence-corrected chi connectivity index (χ2v) is 6.02. The molecule has 1 aliphatic heterocycles. The van der Waals surface area contributed by atoms with Gasteiger partial charge in [-0.25, -0.2) is 0 Å². The highest BCUT2D eigenvalue weighted by Crippen LogP contribution is 2.17. The molecule has 22 heavy (non-hydrogen) atoms. The quantitative estimate of drug-likeness (QED) is 0.887. The third kappa shape index (κ3) is 3.47. The van der Waals surface area contributed by atoms with Crippen molar-refractivity contribution < 1.29 is 4.79 Å². The van der Waals surface area contributed by atoms with E-state index in [1.807, 2.05) is 16.9 Å². The predicted molar refractivity (Wildman–Crippen MR) is 87.8 cm³/mol. The summed E-state index contributed by atoms with van der Waals surface area (Å²) < 4.78 is 1.92. The predicted octanol–water partition coefficient (Wildman–Crippen LogP) is 1.95. The summed E-state index contributed by atoms with van der Waals surface area (Å²) in [6.07, 6.45) is 4.94. The van der Waals surface area contributed by atoms with Crippen molar-refractivity contribution in [3.63, 3.8) is 0 Å². The molecule has 5 nitrogen and oxygen atoms in total. The number of aromatic nitrogens is 2. The first-order valence-electron chi connectivity index (χ1n) is 8.14. The Morgan fingerprint density at radius 2 is 2.09 bits per heavy atom. The van der Waals surface area contributed by atoms with Gasteiger partial charge in [0.05, 0.1) is 18.3 Å². The van der Waals surface area contributed by atoms with Gasteiger partial charge in [-0.15, -0.1) is 0 Å². The third-order valence-corrected chi connectivity index (χ3v) is 4.40. The summed E-state index contributed by atoms with van der Waals surface area (Å²) in [4.78, 5) is 14.4. The van der Waals surface area contributed by atoms with Crippen molar-refractivity contribution in [3.8, 4) is 0 Å². The van der Waals surface area contributed by atoms with E-state index in [2.05, 4.69) is 34.4 Å². The fourth-order valence-corrected chi connectivity index (χ4v) is 3.08. The van der Waals surface area contributed by atoms with Gasteiger partial charge in [-0.1, -0.05) is 12.1 Å². The number of carbonyl (C=O) groups is 1. The molecule has 0 radical (unpaired) electrons. The van der Waals surface area contributed by atoms with Crippen LogP contribution in [0.1, 0.15) is 24.8 Å². The molecule has 0 atom stereocenters. The van der Waals surface area contributed by atoms with E-state index in [4.69, 9.17) is 0 Å². The largest absolute Gasteiger partial charge is 0.355 e. The second-order valence-electron chi connectivity index (χ2n) is 6.02. The van der Waals surface area contributed by atoms with Gasteiger partial charge in [0, 0.05) is 24.9 Å². The number of nitrogens with zero attached hydrogens (tertiary/aromatic N) is 3. The van der Waals surface area contributed by atoms with E-state index in [1.165, 1.54) is 31.5 Å². The van der Waals surface area contributed by atoms with Gasteiger partial charge >= 0.3 is 0 Å². The van der Waals surface area contributed by atoms with Gasteiger partial charge in [-0.05, 0) is 44.5 Å². The average Bonchev–Trinajstić information content (AvgIpc) is 3.15. The number of aryl methyl sites for hydroxylation is 2. The minimum absolute atomic E-state index is 0.107. The maximum absolute atomic E-state index is 11.9. The molecule has 0 unspecified atom stereocenters. The Hall–Kier alpha value is -1.88. The standard InChI is InChI=1S/C17H24N4O/c1-14-5-4-6-16-15(14)13-19-21(16)11-7-17(22)18-8-12-20-9-2-3-10-20/h4-6,13H,2-3,7-12H2,1H3,(H,18,22). The van der Waals surface area contributed by atoms with Gasteiger partial charge in [0.2, 0.25) is 5.91 Å². The van der Waals surface area contributed by atoms with E-state index in [9.17, 15) is 4.79 Å². The SMILES string of the molecule is Cc1cccc2c1cnn2CCC(=O)NCCN1CCCC1. The molecule has 1 aromatic heterocycles. The summed E-state index contributed by atoms with van der Waals surface area (Å²) >= 11 is 0. The van der Waals surface area contributed by atoms with Gasteiger partial charge in [0.15, 0.2) is 0 Å². The summed E-state index contributed by atoms with van der Waals surface area (Å²) in [7, 11) is 0. The summed E-state index contributed by atoms with van der Waals surface area (Å²) in [5.41, 5.74) is 2.32. The lowest BCUT2D eigenvalue weighted by molar-refractivity contribution is -0.121. The van der Waals surface area contributed by atoms with Gasteiger partial charge in [-0.3, -0.25) is 9.48 Å². The Bertz CT molecular complexity index is 643. The molecule has 0 bridgehead atoms. The van der Waals surface area contributed by atoms with Crippen LogP contribution in [0.2, 0.25) is 0 Å². The highest BCUT2D eigenvalue weighted by atomic mass is 16.1. The van der Waals surface area contributed by atoms with E-state index in [-0.39, 0.29) is 5.91 Å². The lowest BCUT2D eigenvalue weighted by Gasteiger charge is -2.14. The van der Waals surface area contributed by atoms with E-state index in [1.54, 1.807) is 0 Å². The topological polar surface area (TPSA) is 50.2 Å². The molecule has 3 rings (SSSR count). The van der Waals surface area contributed by atoms with Crippen LogP contribution in [0, 0.1) is 6.92 Å². The number of rotatable bonds is 6. The van der Waals surface area contributed by atoms with Crippen LogP contribution in [0.5, 0.6) is 0 Å². The molecule has 2 heterocycles. The van der Waals surface area contributed by atoms with Crippen LogP contribution in [0.15, 0.2) is 24.4 Å². The Kier molecular flexibility index (Phi) is 4.73. The number of amides is 1. The highest BCUT2D eigenvalue weighted by Gasteiger charge is 2.11. The zero-order valence-electron chi connectivity index (χ0n) is 13.2. The van der Waals surface area contributed by atoms with E-state index < -0.39 is 0 Å². The molecule has 118 valence electrons. The molecule has 1 saturated heterocycles. The van der Waals surface area contributed by atoms with Crippen molar-refractivity contribution in [2.45, 2.75) is 32.7 Å². The highest BCUT2D eigenvalue weighted by molar-refractivity contribution is 5.82. The van der Waals surface area contributed by atoms with E-state index in [0.717, 1.165) is 24.0 Å². The molecular formula is C17H24N4O. The van der Waals surface area contributed by atoms with Gasteiger partial charge in [-0.2, -0.15) is 5.10 Å². The average molecular weight is 300 g/mol. The molecule has 2 aromatic rings. The number of hydrogen-bond acceptors (Lipinski definition) is 3. The van der Waals surface area contributed by atoms with Crippen LogP contribution in [-0.2, 0) is 11.3 Å². The van der Waals surface area contributed by atoms with E-state index in [0.29, 0.717) is 13.0 Å². The normalized spacial score (nSPS) is 15.5. The Morgan fingerprint density at radius 1 is 1.27 bits per heavy atom. The molecule has 0 aliphatic carbocycles. The number of hydrogen-bond donors (Lipinski definition) is 1.